The molecule has 0 aliphatic carbocycles. The van der Waals surface area contributed by atoms with Crippen molar-refractivity contribution in [2.75, 3.05) is 26.2 Å². The molecule has 0 aliphatic rings. The van der Waals surface area contributed by atoms with Gasteiger partial charge in [0, 0.05) is 26.1 Å². The van der Waals surface area contributed by atoms with Crippen LogP contribution in [0.15, 0.2) is 89.9 Å². The number of rotatable bonds is 21. The maximum absolute atomic E-state index is 13.0. The van der Waals surface area contributed by atoms with Gasteiger partial charge in [-0.1, -0.05) is 72.8 Å². The Hall–Kier alpha value is -5.34. The number of alkyl carbamates (subject to hydrolysis) is 1. The number of carbonyl (C=O) groups is 4. The SMILES string of the molecule is CC(NCCCCN(CCCNC(=O)OCc1ccccc1)C(=O)OCc1ccccc1)(NC(=O)CCCc1ccc(N=C(N)N)cc1)C(=O)O.Cl. The second kappa shape index (κ2) is 23.2. The van der Waals surface area contributed by atoms with Crippen LogP contribution in [-0.2, 0) is 38.7 Å². The van der Waals surface area contributed by atoms with Gasteiger partial charge in [-0.2, -0.15) is 0 Å². The van der Waals surface area contributed by atoms with E-state index in [0.29, 0.717) is 57.4 Å². The van der Waals surface area contributed by atoms with Gasteiger partial charge >= 0.3 is 18.2 Å². The molecule has 3 aromatic rings. The van der Waals surface area contributed by atoms with Gasteiger partial charge in [0.25, 0.3) is 0 Å². The number of carboxylic acid groups (broad SMARTS) is 1. The number of amides is 3. The summed E-state index contributed by atoms with van der Waals surface area (Å²) < 4.78 is 10.8. The predicted molar refractivity (Wildman–Crippen MR) is 201 cm³/mol. The molecule has 282 valence electrons. The number of hydrogen-bond donors (Lipinski definition) is 6. The number of unbranched alkanes of at least 4 members (excludes halogenated alkanes) is 1. The van der Waals surface area contributed by atoms with Crippen molar-refractivity contribution in [3.05, 3.63) is 102 Å². The van der Waals surface area contributed by atoms with Crippen molar-refractivity contribution in [3.63, 3.8) is 0 Å². The standard InChI is InChI=1S/C37H49N7O7.ClH/c1-37(33(46)47,43-32(45)17-10-16-28-18-20-31(21-19-28)42-34(38)39)41-23-8-9-24-44(36(49)51-27-30-14-6-3-7-15-30)25-11-22-40-35(48)50-26-29-12-4-2-5-13-29;/h2-7,12-15,18-21,41H,8-11,16-17,22-27H2,1H3,(H,40,48)(H,43,45)(H,46,47)(H4,38,39,42);1H. The minimum absolute atomic E-state index is 0. The fourth-order valence-corrected chi connectivity index (χ4v) is 4.96. The van der Waals surface area contributed by atoms with E-state index in [9.17, 15) is 24.3 Å². The zero-order valence-corrected chi connectivity index (χ0v) is 30.2. The molecule has 0 saturated carbocycles. The Morgan fingerprint density at radius 3 is 1.96 bits per heavy atom. The Morgan fingerprint density at radius 1 is 0.769 bits per heavy atom. The molecule has 1 atom stereocenters. The number of nitrogens with two attached hydrogens (primary N) is 2. The molecular formula is C37H50ClN7O7. The fraction of sp³-hybridized carbons (Fsp3) is 0.378. The lowest BCUT2D eigenvalue weighted by Gasteiger charge is -2.28. The average Bonchev–Trinajstić information content (AvgIpc) is 3.11. The van der Waals surface area contributed by atoms with E-state index < -0.39 is 29.7 Å². The van der Waals surface area contributed by atoms with Crippen LogP contribution in [0.1, 0.15) is 55.7 Å². The molecule has 15 heteroatoms. The maximum Gasteiger partial charge on any atom is 0.410 e. The number of guanidine groups is 1. The molecule has 0 saturated heterocycles. The number of carbonyl (C=O) groups excluding carboxylic acids is 3. The van der Waals surface area contributed by atoms with Crippen LogP contribution in [0.5, 0.6) is 0 Å². The van der Waals surface area contributed by atoms with Gasteiger partial charge in [-0.05, 0) is 74.4 Å². The van der Waals surface area contributed by atoms with Crippen molar-refractivity contribution >= 4 is 48.1 Å². The van der Waals surface area contributed by atoms with Gasteiger partial charge in [-0.3, -0.25) is 10.1 Å². The van der Waals surface area contributed by atoms with Crippen LogP contribution in [0.2, 0.25) is 0 Å². The highest BCUT2D eigenvalue weighted by Crippen LogP contribution is 2.15. The molecule has 0 spiro atoms. The highest BCUT2D eigenvalue weighted by atomic mass is 35.5. The smallest absolute Gasteiger partial charge is 0.410 e. The first-order chi connectivity index (χ1) is 24.5. The van der Waals surface area contributed by atoms with Gasteiger partial charge in [0.1, 0.15) is 13.2 Å². The topological polar surface area (TPSA) is 211 Å². The van der Waals surface area contributed by atoms with Crippen molar-refractivity contribution in [1.29, 1.82) is 0 Å². The number of hydrogen-bond acceptors (Lipinski definition) is 8. The molecule has 0 aliphatic heterocycles. The second-order valence-corrected chi connectivity index (χ2v) is 12.0. The highest BCUT2D eigenvalue weighted by molar-refractivity contribution is 5.86. The molecule has 8 N–H and O–H groups in total. The van der Waals surface area contributed by atoms with Gasteiger partial charge in [-0.25, -0.2) is 19.4 Å². The van der Waals surface area contributed by atoms with E-state index >= 15 is 0 Å². The minimum Gasteiger partial charge on any atom is -0.478 e. The number of ether oxygens (including phenoxy) is 2. The van der Waals surface area contributed by atoms with E-state index in [4.69, 9.17) is 20.9 Å². The largest absolute Gasteiger partial charge is 0.478 e. The average molecular weight is 740 g/mol. The summed E-state index contributed by atoms with van der Waals surface area (Å²) in [6, 6.07) is 26.0. The van der Waals surface area contributed by atoms with Crippen LogP contribution in [0, 0.1) is 0 Å². The van der Waals surface area contributed by atoms with Gasteiger partial charge < -0.3 is 41.6 Å². The first-order valence-corrected chi connectivity index (χ1v) is 16.9. The summed E-state index contributed by atoms with van der Waals surface area (Å²) in [5, 5.41) is 18.1. The van der Waals surface area contributed by atoms with Crippen LogP contribution < -0.4 is 27.4 Å². The van der Waals surface area contributed by atoms with E-state index in [0.717, 1.165) is 16.7 Å². The molecule has 1 unspecified atom stereocenters. The van der Waals surface area contributed by atoms with Crippen molar-refractivity contribution in [1.82, 2.24) is 20.9 Å². The lowest BCUT2D eigenvalue weighted by molar-refractivity contribution is -0.148. The van der Waals surface area contributed by atoms with Crippen LogP contribution in [0.4, 0.5) is 15.3 Å². The zero-order chi connectivity index (χ0) is 36.9. The number of halogens is 1. The molecule has 3 amide bonds. The van der Waals surface area contributed by atoms with E-state index in [1.807, 2.05) is 72.8 Å². The second-order valence-electron chi connectivity index (χ2n) is 12.0. The molecule has 0 heterocycles. The van der Waals surface area contributed by atoms with Crippen LogP contribution >= 0.6 is 12.4 Å². The third-order valence-electron chi connectivity index (χ3n) is 7.76. The fourth-order valence-electron chi connectivity index (χ4n) is 4.96. The number of nitrogens with one attached hydrogen (secondary N) is 3. The molecule has 3 rings (SSSR count). The number of benzene rings is 3. The summed E-state index contributed by atoms with van der Waals surface area (Å²) in [4.78, 5) is 55.4. The predicted octanol–water partition coefficient (Wildman–Crippen LogP) is 4.58. The van der Waals surface area contributed by atoms with Gasteiger partial charge in [-0.15, -0.1) is 12.4 Å². The third-order valence-corrected chi connectivity index (χ3v) is 7.76. The molecule has 14 nitrogen and oxygen atoms in total. The molecule has 0 fully saturated rings. The summed E-state index contributed by atoms with van der Waals surface area (Å²) in [6.45, 7) is 2.90. The minimum atomic E-state index is -1.67. The molecule has 0 aromatic heterocycles. The Labute approximate surface area is 310 Å². The molecule has 0 bridgehead atoms. The highest BCUT2D eigenvalue weighted by Gasteiger charge is 2.34. The van der Waals surface area contributed by atoms with Crippen LogP contribution in [-0.4, -0.2) is 71.9 Å². The van der Waals surface area contributed by atoms with Gasteiger partial charge in [0.15, 0.2) is 11.6 Å². The summed E-state index contributed by atoms with van der Waals surface area (Å²) in [5.74, 6) is -1.64. The van der Waals surface area contributed by atoms with Crippen molar-refractivity contribution in [2.24, 2.45) is 16.5 Å². The maximum atomic E-state index is 13.0. The van der Waals surface area contributed by atoms with Crippen LogP contribution in [0.3, 0.4) is 0 Å². The van der Waals surface area contributed by atoms with Crippen LogP contribution in [0.25, 0.3) is 0 Å². The molecule has 52 heavy (non-hydrogen) atoms. The summed E-state index contributed by atoms with van der Waals surface area (Å²) in [7, 11) is 0. The molecule has 3 aromatic carbocycles. The number of aliphatic carboxylic acids is 1. The monoisotopic (exact) mass is 739 g/mol. The number of carboxylic acids is 1. The lowest BCUT2D eigenvalue weighted by atomic mass is 10.1. The Morgan fingerprint density at radius 2 is 1.37 bits per heavy atom. The molecular weight excluding hydrogens is 690 g/mol. The van der Waals surface area contributed by atoms with Gasteiger partial charge in [0.05, 0.1) is 5.69 Å². The van der Waals surface area contributed by atoms with E-state index in [2.05, 4.69) is 20.9 Å². The summed E-state index contributed by atoms with van der Waals surface area (Å²) in [6.07, 6.45) is 1.74. The number of nitrogens with zero attached hydrogens (tertiary/aromatic N) is 2. The lowest BCUT2D eigenvalue weighted by Crippen LogP contribution is -2.62. The van der Waals surface area contributed by atoms with Crippen molar-refractivity contribution in [3.8, 4) is 0 Å². The van der Waals surface area contributed by atoms with E-state index in [1.165, 1.54) is 6.92 Å². The summed E-state index contributed by atoms with van der Waals surface area (Å²) >= 11 is 0. The normalized spacial score (nSPS) is 11.6. The Kier molecular flexibility index (Phi) is 19.1. The third kappa shape index (κ3) is 16.6. The van der Waals surface area contributed by atoms with Gasteiger partial charge in [0.2, 0.25) is 5.91 Å². The first kappa shape index (κ1) is 42.8. The van der Waals surface area contributed by atoms with Crippen molar-refractivity contribution < 1.29 is 33.8 Å². The Balaban J connectivity index is 0.00000936. The first-order valence-electron chi connectivity index (χ1n) is 16.9. The van der Waals surface area contributed by atoms with E-state index in [1.54, 1.807) is 17.0 Å². The quantitative estimate of drug-likeness (QED) is 0.0388. The zero-order valence-electron chi connectivity index (χ0n) is 29.4. The van der Waals surface area contributed by atoms with E-state index in [-0.39, 0.29) is 44.5 Å². The molecule has 0 radical (unpaired) electrons. The Bertz CT molecular complexity index is 1560. The number of aliphatic imine (C=N–C) groups is 1. The van der Waals surface area contributed by atoms with Crippen molar-refractivity contribution in [2.45, 2.75) is 64.3 Å². The summed E-state index contributed by atoms with van der Waals surface area (Å²) in [5.41, 5.74) is 12.5. The number of aryl methyl sites for hydroxylation is 1.